The summed E-state index contributed by atoms with van der Waals surface area (Å²) < 4.78 is 36.0. The number of imidazole rings is 1. The van der Waals surface area contributed by atoms with Gasteiger partial charge in [-0.1, -0.05) is 56.5 Å². The van der Waals surface area contributed by atoms with Crippen LogP contribution in [0, 0.1) is 0 Å². The maximum atomic E-state index is 12.4. The molecule has 14 nitrogen and oxygen atoms in total. The van der Waals surface area contributed by atoms with Gasteiger partial charge in [0.2, 0.25) is 0 Å². The molecule has 2 fully saturated rings. The van der Waals surface area contributed by atoms with E-state index in [1.54, 1.807) is 4.57 Å². The lowest BCUT2D eigenvalue weighted by Crippen LogP contribution is -2.32. The van der Waals surface area contributed by atoms with Crippen LogP contribution in [-0.2, 0) is 29.7 Å². The third kappa shape index (κ3) is 6.84. The van der Waals surface area contributed by atoms with Gasteiger partial charge in [-0.15, -0.1) is 0 Å². The molecule has 2 aliphatic rings. The third-order valence-electron chi connectivity index (χ3n) is 6.73. The van der Waals surface area contributed by atoms with Crippen LogP contribution in [0.25, 0.3) is 11.2 Å². The van der Waals surface area contributed by atoms with E-state index in [1.165, 1.54) is 12.7 Å². The molecule has 5 rings (SSSR count). The molecule has 2 amide bonds. The Morgan fingerprint density at radius 3 is 2.70 bits per heavy atom. The summed E-state index contributed by atoms with van der Waals surface area (Å²) in [5.74, 6) is 0.224. The summed E-state index contributed by atoms with van der Waals surface area (Å²) in [6, 6.07) is 9.24. The summed E-state index contributed by atoms with van der Waals surface area (Å²) in [6.45, 7) is 2.20. The zero-order valence-corrected chi connectivity index (χ0v) is 22.8. The molecule has 0 saturated carbocycles. The molecule has 4 heterocycles. The third-order valence-corrected chi connectivity index (χ3v) is 7.21. The fourth-order valence-electron chi connectivity index (χ4n) is 4.86. The zero-order chi connectivity index (χ0) is 28.1. The Labute approximate surface area is 230 Å². The minimum absolute atomic E-state index is 0.224. The predicted octanol–water partition coefficient (Wildman–Crippen LogP) is 2.26. The average molecular weight is 576 g/mol. The molecule has 2 aromatic heterocycles. The Hall–Kier alpha value is -2.97. The summed E-state index contributed by atoms with van der Waals surface area (Å²) in [5.41, 5.74) is 1.70. The second-order valence-corrected chi connectivity index (χ2v) is 10.8. The van der Waals surface area contributed by atoms with Crippen molar-refractivity contribution in [2.75, 3.05) is 18.5 Å². The molecular weight excluding hydrogens is 543 g/mol. The molecule has 3 N–H and O–H groups in total. The molecular formula is C25H32N6O8P-. The van der Waals surface area contributed by atoms with Crippen LogP contribution in [0.15, 0.2) is 43.0 Å². The molecule has 0 radical (unpaired) electrons. The Kier molecular flexibility index (Phi) is 9.06. The minimum atomic E-state index is -4.99. The molecule has 2 aliphatic heterocycles. The number of hydrogen-bond donors (Lipinski definition) is 3. The first kappa shape index (κ1) is 28.6. The van der Waals surface area contributed by atoms with E-state index in [0.29, 0.717) is 24.1 Å². The number of urea groups is 1. The molecule has 6 atom stereocenters. The number of carbonyl (C=O) groups is 1. The molecule has 40 heavy (non-hydrogen) atoms. The molecule has 1 aromatic carbocycles. The molecule has 3 aromatic rings. The van der Waals surface area contributed by atoms with Crippen molar-refractivity contribution in [1.29, 1.82) is 0 Å². The predicted molar refractivity (Wildman–Crippen MR) is 140 cm³/mol. The number of phosphoric acid groups is 1. The number of aromatic nitrogens is 4. The number of rotatable bonds is 12. The largest absolute Gasteiger partial charge is 0.756 e. The highest BCUT2D eigenvalue weighted by atomic mass is 31.2. The number of hydrogen-bond acceptors (Lipinski definition) is 10. The Morgan fingerprint density at radius 1 is 1.12 bits per heavy atom. The average Bonchev–Trinajstić information content (AvgIpc) is 3.62. The van der Waals surface area contributed by atoms with Crippen LogP contribution in [0.1, 0.15) is 44.4 Å². The highest BCUT2D eigenvalue weighted by molar-refractivity contribution is 7.44. The zero-order valence-electron chi connectivity index (χ0n) is 21.9. The Bertz CT molecular complexity index is 1340. The number of nitrogens with one attached hydrogen (secondary N) is 2. The molecule has 216 valence electrons. The van der Waals surface area contributed by atoms with Crippen molar-refractivity contribution in [2.45, 2.75) is 69.9 Å². The van der Waals surface area contributed by atoms with Crippen molar-refractivity contribution in [1.82, 2.24) is 24.8 Å². The lowest BCUT2D eigenvalue weighted by atomic mass is 10.1. The first-order valence-corrected chi connectivity index (χ1v) is 14.7. The van der Waals surface area contributed by atoms with E-state index in [0.717, 1.165) is 31.2 Å². The number of amides is 2. The molecule has 15 heteroatoms. The van der Waals surface area contributed by atoms with E-state index in [9.17, 15) is 14.3 Å². The number of anilines is 1. The molecule has 3 unspecified atom stereocenters. The quantitative estimate of drug-likeness (QED) is 0.213. The summed E-state index contributed by atoms with van der Waals surface area (Å²) in [7, 11) is -4.99. The summed E-state index contributed by atoms with van der Waals surface area (Å²) in [4.78, 5) is 45.7. The van der Waals surface area contributed by atoms with E-state index in [1.807, 2.05) is 30.3 Å². The first-order chi connectivity index (χ1) is 19.3. The molecule has 0 spiro atoms. The molecule has 0 bridgehead atoms. The summed E-state index contributed by atoms with van der Waals surface area (Å²) in [6.07, 6.45) is 3.72. The second kappa shape index (κ2) is 12.7. The van der Waals surface area contributed by atoms with Crippen molar-refractivity contribution in [3.05, 3.63) is 48.5 Å². The lowest BCUT2D eigenvalue weighted by Gasteiger charge is -2.23. The van der Waals surface area contributed by atoms with Crippen LogP contribution in [0.4, 0.5) is 10.6 Å². The van der Waals surface area contributed by atoms with Gasteiger partial charge in [0.1, 0.15) is 24.6 Å². The van der Waals surface area contributed by atoms with E-state index >= 15 is 0 Å². The lowest BCUT2D eigenvalue weighted by molar-refractivity contribution is -0.224. The van der Waals surface area contributed by atoms with Gasteiger partial charge in [-0.3, -0.25) is 14.4 Å². The smallest absolute Gasteiger partial charge is 0.320 e. The fourth-order valence-corrected chi connectivity index (χ4v) is 5.20. The van der Waals surface area contributed by atoms with Gasteiger partial charge in [0.05, 0.1) is 12.9 Å². The van der Waals surface area contributed by atoms with Crippen LogP contribution in [-0.4, -0.2) is 68.2 Å². The number of phosphoric ester groups is 1. The van der Waals surface area contributed by atoms with Gasteiger partial charge in [0, 0.05) is 13.0 Å². The number of nitrogens with zero attached hydrogens (tertiary/aromatic N) is 4. The van der Waals surface area contributed by atoms with Crippen LogP contribution in [0.3, 0.4) is 0 Å². The van der Waals surface area contributed by atoms with Crippen molar-refractivity contribution in [3.8, 4) is 0 Å². The van der Waals surface area contributed by atoms with Gasteiger partial charge in [-0.05, 0) is 12.0 Å². The molecule has 0 aliphatic carbocycles. The number of ether oxygens (including phenoxy) is 3. The Morgan fingerprint density at radius 2 is 1.93 bits per heavy atom. The van der Waals surface area contributed by atoms with Gasteiger partial charge >= 0.3 is 6.03 Å². The van der Waals surface area contributed by atoms with E-state index in [4.69, 9.17) is 19.1 Å². The van der Waals surface area contributed by atoms with Crippen LogP contribution in [0.2, 0.25) is 0 Å². The van der Waals surface area contributed by atoms with Crippen molar-refractivity contribution < 1.29 is 37.9 Å². The fraction of sp³-hybridized carbons (Fsp3) is 0.520. The van der Waals surface area contributed by atoms with Crippen LogP contribution >= 0.6 is 7.82 Å². The molecule has 2 saturated heterocycles. The standard InChI is InChI=1S/C25H33N6O8P/c1-2-3-4-8-11-26-25(32)30-22-19-23(28-14-27-22)31(15-29-19)24-21-20(17(37-24)13-36-40(33,34)35)38-18(39-21)12-16-9-6-5-7-10-16/h5-7,9-10,14-15,17-18,20-21,24H,2-4,8,11-13H2,1H3,(H2,33,34,35)(H2,26,27,28,30,32)/p-1/t17-,18?,20+,21?,24-/m1/s1. The highest BCUT2D eigenvalue weighted by Gasteiger charge is 2.54. The Balaban J connectivity index is 1.33. The highest BCUT2D eigenvalue weighted by Crippen LogP contribution is 2.43. The number of unbranched alkanes of at least 4 members (excludes halogenated alkanes) is 3. The SMILES string of the molecule is CCCCCCNC(=O)Nc1ncnc2c1ncn2[C@@H]1O[C@H](COP(=O)([O-])O)[C@@H]2OC(Cc3ccccc3)OC21. The van der Waals surface area contributed by atoms with Gasteiger partial charge < -0.3 is 33.8 Å². The van der Waals surface area contributed by atoms with Crippen LogP contribution in [0.5, 0.6) is 0 Å². The maximum Gasteiger partial charge on any atom is 0.320 e. The summed E-state index contributed by atoms with van der Waals surface area (Å²) in [5, 5.41) is 5.53. The van der Waals surface area contributed by atoms with E-state index < -0.39 is 51.3 Å². The van der Waals surface area contributed by atoms with Crippen molar-refractivity contribution in [3.63, 3.8) is 0 Å². The summed E-state index contributed by atoms with van der Waals surface area (Å²) >= 11 is 0. The van der Waals surface area contributed by atoms with Gasteiger partial charge in [0.25, 0.3) is 7.82 Å². The van der Waals surface area contributed by atoms with Crippen molar-refractivity contribution in [2.24, 2.45) is 0 Å². The van der Waals surface area contributed by atoms with Crippen molar-refractivity contribution >= 4 is 30.8 Å². The topological polar surface area (TPSA) is 182 Å². The second-order valence-electron chi connectivity index (χ2n) is 9.64. The van der Waals surface area contributed by atoms with Gasteiger partial charge in [-0.25, -0.2) is 19.7 Å². The van der Waals surface area contributed by atoms with Crippen LogP contribution < -0.4 is 15.5 Å². The number of fused-ring (bicyclic) bond motifs is 2. The monoisotopic (exact) mass is 575 g/mol. The number of benzene rings is 1. The van der Waals surface area contributed by atoms with Gasteiger partial charge in [-0.2, -0.15) is 0 Å². The van der Waals surface area contributed by atoms with E-state index in [-0.39, 0.29) is 5.82 Å². The van der Waals surface area contributed by atoms with Gasteiger partial charge in [0.15, 0.2) is 29.5 Å². The number of carbonyl (C=O) groups excluding carboxylic acids is 1. The normalized spacial score (nSPS) is 25.5. The maximum absolute atomic E-state index is 12.4. The minimum Gasteiger partial charge on any atom is -0.756 e. The first-order valence-electron chi connectivity index (χ1n) is 13.2. The van der Waals surface area contributed by atoms with E-state index in [2.05, 4.69) is 37.0 Å².